The van der Waals surface area contributed by atoms with Crippen LogP contribution in [0.4, 0.5) is 9.52 Å². The van der Waals surface area contributed by atoms with Crippen LogP contribution in [0.15, 0.2) is 18.3 Å². The average molecular weight is 475 g/mol. The summed E-state index contributed by atoms with van der Waals surface area (Å²) in [4.78, 5) is 26.8. The third-order valence-corrected chi connectivity index (χ3v) is 7.26. The number of rotatable bonds is 5. The van der Waals surface area contributed by atoms with Gasteiger partial charge >= 0.3 is 0 Å². The molecular formula is C22H27FN6O3S. The van der Waals surface area contributed by atoms with Gasteiger partial charge in [0.25, 0.3) is 11.8 Å². The van der Waals surface area contributed by atoms with Gasteiger partial charge < -0.3 is 10.0 Å². The van der Waals surface area contributed by atoms with Crippen molar-refractivity contribution in [2.75, 3.05) is 18.4 Å². The summed E-state index contributed by atoms with van der Waals surface area (Å²) in [5.41, 5.74) is -0.960. The number of carbonyl (C=O) groups is 2. The quantitative estimate of drug-likeness (QED) is 0.588. The fourth-order valence-corrected chi connectivity index (χ4v) is 4.95. The smallest absolute Gasteiger partial charge is 0.257 e. The van der Waals surface area contributed by atoms with Gasteiger partial charge in [0.2, 0.25) is 5.13 Å². The first-order valence-electron chi connectivity index (χ1n) is 10.8. The highest BCUT2D eigenvalue weighted by atomic mass is 32.1. The number of nitrogens with one attached hydrogen (secondary N) is 1. The van der Waals surface area contributed by atoms with Crippen LogP contribution in [0.25, 0.3) is 10.9 Å². The first-order valence-corrected chi connectivity index (χ1v) is 11.7. The molecule has 2 amide bonds. The van der Waals surface area contributed by atoms with Crippen LogP contribution in [-0.4, -0.2) is 60.5 Å². The molecule has 1 aliphatic heterocycles. The van der Waals surface area contributed by atoms with Gasteiger partial charge in [0, 0.05) is 30.6 Å². The minimum atomic E-state index is -1.40. The Bertz CT molecular complexity index is 1210. The summed E-state index contributed by atoms with van der Waals surface area (Å²) in [7, 11) is 0. The Morgan fingerprint density at radius 1 is 1.27 bits per heavy atom. The van der Waals surface area contributed by atoms with Crippen molar-refractivity contribution in [1.29, 1.82) is 0 Å². The molecule has 3 heterocycles. The first-order chi connectivity index (χ1) is 15.5. The van der Waals surface area contributed by atoms with Gasteiger partial charge in [-0.3, -0.25) is 19.6 Å². The van der Waals surface area contributed by atoms with E-state index in [2.05, 4.69) is 27.5 Å². The van der Waals surface area contributed by atoms with Crippen molar-refractivity contribution in [3.8, 4) is 0 Å². The molecule has 0 atom stereocenters. The maximum atomic E-state index is 14.5. The third kappa shape index (κ3) is 4.47. The van der Waals surface area contributed by atoms with Gasteiger partial charge in [-0.2, -0.15) is 5.10 Å². The van der Waals surface area contributed by atoms with Gasteiger partial charge in [-0.05, 0) is 45.7 Å². The number of hydrogen-bond donors (Lipinski definition) is 2. The van der Waals surface area contributed by atoms with E-state index in [9.17, 15) is 19.1 Å². The van der Waals surface area contributed by atoms with E-state index in [4.69, 9.17) is 0 Å². The number of anilines is 1. The molecule has 0 saturated carbocycles. The molecule has 0 radical (unpaired) electrons. The van der Waals surface area contributed by atoms with E-state index >= 15 is 0 Å². The number of benzene rings is 1. The summed E-state index contributed by atoms with van der Waals surface area (Å²) in [6.45, 7) is 8.50. The highest BCUT2D eigenvalue weighted by molar-refractivity contribution is 7.15. The van der Waals surface area contributed by atoms with Gasteiger partial charge in [0.05, 0.1) is 17.1 Å². The van der Waals surface area contributed by atoms with Crippen LogP contribution in [-0.2, 0) is 16.8 Å². The zero-order valence-corrected chi connectivity index (χ0v) is 19.9. The van der Waals surface area contributed by atoms with Crippen LogP contribution in [0.1, 0.15) is 55.9 Å². The van der Waals surface area contributed by atoms with E-state index in [0.29, 0.717) is 48.5 Å². The number of fused-ring (bicyclic) bond motifs is 1. The molecule has 1 saturated heterocycles. The normalized spacial score (nSPS) is 16.2. The monoisotopic (exact) mass is 474 g/mol. The highest BCUT2D eigenvalue weighted by Gasteiger charge is 2.39. The predicted octanol–water partition coefficient (Wildman–Crippen LogP) is 2.95. The zero-order valence-electron chi connectivity index (χ0n) is 19.1. The number of likely N-dealkylation sites (tertiary alicyclic amines) is 1. The summed E-state index contributed by atoms with van der Waals surface area (Å²) in [5.74, 6) is -1.27. The second kappa shape index (κ2) is 8.45. The molecule has 176 valence electrons. The second-order valence-electron chi connectivity index (χ2n) is 9.13. The standard InChI is InChI=1S/C22H27FN6O3S/c1-5-29-16-11-13(10-15(23)14(16)12-24-29)17(30)25-20-27-26-18(33-20)22(4)6-8-28(9-7-22)19(31)21(2,3)32/h10-12,32H,5-9H2,1-4H3,(H,25,27,30). The summed E-state index contributed by atoms with van der Waals surface area (Å²) < 4.78 is 16.1. The van der Waals surface area contributed by atoms with Crippen molar-refractivity contribution in [2.24, 2.45) is 0 Å². The Balaban J connectivity index is 1.46. The van der Waals surface area contributed by atoms with Crippen molar-refractivity contribution >= 4 is 39.2 Å². The molecule has 3 aromatic rings. The van der Waals surface area contributed by atoms with E-state index in [1.807, 2.05) is 6.92 Å². The van der Waals surface area contributed by atoms with Crippen LogP contribution in [0, 0.1) is 5.82 Å². The van der Waals surface area contributed by atoms with Gasteiger partial charge in [-0.25, -0.2) is 4.39 Å². The molecule has 33 heavy (non-hydrogen) atoms. The third-order valence-electron chi connectivity index (χ3n) is 6.11. The lowest BCUT2D eigenvalue weighted by molar-refractivity contribution is -0.149. The van der Waals surface area contributed by atoms with Crippen LogP contribution >= 0.6 is 11.3 Å². The fraction of sp³-hybridized carbons (Fsp3) is 0.500. The molecule has 0 unspecified atom stereocenters. The Kier molecular flexibility index (Phi) is 5.95. The summed E-state index contributed by atoms with van der Waals surface area (Å²) in [5, 5.41) is 26.7. The van der Waals surface area contributed by atoms with Crippen LogP contribution in [0.3, 0.4) is 0 Å². The number of aliphatic hydroxyl groups is 1. The van der Waals surface area contributed by atoms with Gasteiger partial charge in [0.15, 0.2) is 0 Å². The molecule has 4 rings (SSSR count). The number of hydrogen-bond acceptors (Lipinski definition) is 7. The average Bonchev–Trinajstić information content (AvgIpc) is 3.40. The number of carbonyl (C=O) groups excluding carboxylic acids is 2. The molecule has 1 aliphatic rings. The SMILES string of the molecule is CCn1ncc2c(F)cc(C(=O)Nc3nnc(C4(C)CCN(C(=O)C(C)(C)O)CC4)s3)cc21. The molecule has 11 heteroatoms. The van der Waals surface area contributed by atoms with Crippen molar-refractivity contribution < 1.29 is 19.1 Å². The molecule has 2 N–H and O–H groups in total. The van der Waals surface area contributed by atoms with E-state index in [0.717, 1.165) is 5.01 Å². The maximum absolute atomic E-state index is 14.5. The van der Waals surface area contributed by atoms with Crippen molar-refractivity contribution in [2.45, 2.75) is 58.1 Å². The van der Waals surface area contributed by atoms with Crippen LogP contribution < -0.4 is 5.32 Å². The number of piperidine rings is 1. The van der Waals surface area contributed by atoms with E-state index < -0.39 is 17.3 Å². The topological polar surface area (TPSA) is 113 Å². The maximum Gasteiger partial charge on any atom is 0.257 e. The van der Waals surface area contributed by atoms with Crippen molar-refractivity contribution in [3.63, 3.8) is 0 Å². The molecule has 9 nitrogen and oxygen atoms in total. The lowest BCUT2D eigenvalue weighted by Gasteiger charge is -2.39. The second-order valence-corrected chi connectivity index (χ2v) is 10.1. The number of amides is 2. The molecule has 2 aromatic heterocycles. The van der Waals surface area contributed by atoms with Crippen molar-refractivity contribution in [3.05, 3.63) is 34.7 Å². The summed E-state index contributed by atoms with van der Waals surface area (Å²) in [6.07, 6.45) is 2.79. The molecule has 0 aliphatic carbocycles. The van der Waals surface area contributed by atoms with E-state index in [1.54, 1.807) is 15.6 Å². The highest BCUT2D eigenvalue weighted by Crippen LogP contribution is 2.38. The Morgan fingerprint density at radius 3 is 2.61 bits per heavy atom. The Morgan fingerprint density at radius 2 is 1.97 bits per heavy atom. The number of halogens is 1. The molecule has 0 bridgehead atoms. The molecule has 1 aromatic carbocycles. The molecular weight excluding hydrogens is 447 g/mol. The van der Waals surface area contributed by atoms with Crippen LogP contribution in [0.5, 0.6) is 0 Å². The zero-order chi connectivity index (χ0) is 24.0. The fourth-order valence-electron chi connectivity index (χ4n) is 4.01. The minimum Gasteiger partial charge on any atom is -0.381 e. The van der Waals surface area contributed by atoms with Crippen molar-refractivity contribution in [1.82, 2.24) is 24.9 Å². The van der Waals surface area contributed by atoms with Gasteiger partial charge in [-0.1, -0.05) is 18.3 Å². The largest absolute Gasteiger partial charge is 0.381 e. The minimum absolute atomic E-state index is 0.177. The summed E-state index contributed by atoms with van der Waals surface area (Å²) in [6, 6.07) is 2.81. The molecule has 1 fully saturated rings. The Hall–Kier alpha value is -2.92. The van der Waals surface area contributed by atoms with E-state index in [-0.39, 0.29) is 16.9 Å². The number of aromatic nitrogens is 4. The van der Waals surface area contributed by atoms with Gasteiger partial charge in [0.1, 0.15) is 16.4 Å². The number of aryl methyl sites for hydroxylation is 1. The Labute approximate surface area is 194 Å². The first kappa shape index (κ1) is 23.2. The lowest BCUT2D eigenvalue weighted by Crippen LogP contribution is -2.50. The van der Waals surface area contributed by atoms with E-state index in [1.165, 1.54) is 37.4 Å². The number of nitrogens with zero attached hydrogens (tertiary/aromatic N) is 5. The van der Waals surface area contributed by atoms with Crippen LogP contribution in [0.2, 0.25) is 0 Å². The lowest BCUT2D eigenvalue weighted by atomic mass is 9.80. The van der Waals surface area contributed by atoms with Gasteiger partial charge in [-0.15, -0.1) is 10.2 Å². The summed E-state index contributed by atoms with van der Waals surface area (Å²) >= 11 is 1.28. The predicted molar refractivity (Wildman–Crippen MR) is 123 cm³/mol. The molecule has 0 spiro atoms.